The molecular formula is C30H37N3O4S. The first kappa shape index (κ1) is 29.0. The Morgan fingerprint density at radius 1 is 0.974 bits per heavy atom. The minimum Gasteiger partial charge on any atom is -0.444 e. The molecule has 0 saturated heterocycles. The number of alkyl carbamates (subject to hydrolysis) is 1. The van der Waals surface area contributed by atoms with Crippen LogP contribution in [0.1, 0.15) is 44.4 Å². The van der Waals surface area contributed by atoms with Crippen molar-refractivity contribution in [1.29, 1.82) is 0 Å². The van der Waals surface area contributed by atoms with E-state index >= 15 is 0 Å². The molecule has 3 aromatic rings. The number of hydrogen-bond acceptors (Lipinski definition) is 5. The van der Waals surface area contributed by atoms with Crippen molar-refractivity contribution >= 4 is 46.1 Å². The maximum Gasteiger partial charge on any atom is 0.408 e. The standard InChI is InChI=1S/C30H37N3O4S/c1-20-10-9-13-23(18-20)26(27(34)31-24-15-14-21-11-7-8-12-22(21)19-24)33(5)28(35)25(16-17-38-6)32-29(36)37-30(2,3)4/h7-15,18-19,25-26H,16-17H2,1-6H3,(H,31,34)(H,32,36). The summed E-state index contributed by atoms with van der Waals surface area (Å²) in [6.45, 7) is 7.24. The Hall–Kier alpha value is -3.52. The molecule has 38 heavy (non-hydrogen) atoms. The van der Waals surface area contributed by atoms with Crippen LogP contribution < -0.4 is 10.6 Å². The maximum absolute atomic E-state index is 13.7. The highest BCUT2D eigenvalue weighted by Gasteiger charge is 2.34. The Morgan fingerprint density at radius 3 is 2.34 bits per heavy atom. The molecule has 0 aromatic heterocycles. The van der Waals surface area contributed by atoms with E-state index in [9.17, 15) is 14.4 Å². The van der Waals surface area contributed by atoms with Crippen LogP contribution in [0.2, 0.25) is 0 Å². The highest BCUT2D eigenvalue weighted by atomic mass is 32.2. The van der Waals surface area contributed by atoms with Gasteiger partial charge in [-0.25, -0.2) is 4.79 Å². The largest absolute Gasteiger partial charge is 0.444 e. The minimum absolute atomic E-state index is 0.345. The molecule has 0 bridgehead atoms. The fraction of sp³-hybridized carbons (Fsp3) is 0.367. The SMILES string of the molecule is CSCCC(NC(=O)OC(C)(C)C)C(=O)N(C)C(C(=O)Nc1ccc2ccccc2c1)c1cccc(C)c1. The molecule has 2 unspecified atom stereocenters. The van der Waals surface area contributed by atoms with Crippen LogP contribution in [0.4, 0.5) is 10.5 Å². The van der Waals surface area contributed by atoms with E-state index in [2.05, 4.69) is 10.6 Å². The van der Waals surface area contributed by atoms with Crippen LogP contribution in [-0.2, 0) is 14.3 Å². The lowest BCUT2D eigenvalue weighted by Gasteiger charge is -2.31. The summed E-state index contributed by atoms with van der Waals surface area (Å²) in [7, 11) is 1.60. The van der Waals surface area contributed by atoms with Crippen molar-refractivity contribution in [3.05, 3.63) is 77.9 Å². The monoisotopic (exact) mass is 535 g/mol. The lowest BCUT2D eigenvalue weighted by atomic mass is 10.0. The number of aryl methyl sites for hydroxylation is 1. The molecule has 0 saturated carbocycles. The second-order valence-electron chi connectivity index (χ2n) is 10.3. The Labute approximate surface area is 229 Å². The molecule has 0 radical (unpaired) electrons. The van der Waals surface area contributed by atoms with Gasteiger partial charge in [0.25, 0.3) is 5.91 Å². The third-order valence-electron chi connectivity index (χ3n) is 5.96. The number of rotatable bonds is 9. The molecule has 8 heteroatoms. The van der Waals surface area contributed by atoms with Gasteiger partial charge in [-0.1, -0.05) is 60.2 Å². The Bertz CT molecular complexity index is 1290. The van der Waals surface area contributed by atoms with Crippen molar-refractivity contribution in [3.63, 3.8) is 0 Å². The zero-order valence-electron chi connectivity index (χ0n) is 22.9. The highest BCUT2D eigenvalue weighted by molar-refractivity contribution is 7.98. The van der Waals surface area contributed by atoms with E-state index in [1.807, 2.05) is 79.9 Å². The predicted molar refractivity (Wildman–Crippen MR) is 155 cm³/mol. The quantitative estimate of drug-likeness (QED) is 0.354. The predicted octanol–water partition coefficient (Wildman–Crippen LogP) is 5.93. The van der Waals surface area contributed by atoms with Crippen LogP contribution in [0, 0.1) is 6.92 Å². The van der Waals surface area contributed by atoms with E-state index in [1.54, 1.807) is 39.6 Å². The van der Waals surface area contributed by atoms with Gasteiger partial charge in [0.15, 0.2) is 0 Å². The molecule has 2 atom stereocenters. The highest BCUT2D eigenvalue weighted by Crippen LogP contribution is 2.26. The Balaban J connectivity index is 1.90. The fourth-order valence-corrected chi connectivity index (χ4v) is 4.66. The van der Waals surface area contributed by atoms with Gasteiger partial charge in [0, 0.05) is 12.7 Å². The first-order valence-electron chi connectivity index (χ1n) is 12.6. The summed E-state index contributed by atoms with van der Waals surface area (Å²) in [5, 5.41) is 7.78. The third-order valence-corrected chi connectivity index (χ3v) is 6.60. The molecule has 0 aliphatic carbocycles. The smallest absolute Gasteiger partial charge is 0.408 e. The lowest BCUT2D eigenvalue weighted by Crippen LogP contribution is -2.51. The van der Waals surface area contributed by atoms with Crippen LogP contribution in [-0.4, -0.2) is 53.5 Å². The molecule has 0 aliphatic rings. The lowest BCUT2D eigenvalue weighted by molar-refractivity contribution is -0.139. The van der Waals surface area contributed by atoms with Crippen LogP contribution in [0.3, 0.4) is 0 Å². The van der Waals surface area contributed by atoms with Gasteiger partial charge in [0.1, 0.15) is 17.7 Å². The summed E-state index contributed by atoms with van der Waals surface area (Å²) < 4.78 is 5.39. The summed E-state index contributed by atoms with van der Waals surface area (Å²) >= 11 is 1.57. The van der Waals surface area contributed by atoms with Gasteiger partial charge < -0.3 is 20.3 Å². The summed E-state index contributed by atoms with van der Waals surface area (Å²) in [5.74, 6) is -0.0639. The number of hydrogen-bond donors (Lipinski definition) is 2. The fourth-order valence-electron chi connectivity index (χ4n) is 4.18. The van der Waals surface area contributed by atoms with Crippen molar-refractivity contribution in [2.24, 2.45) is 0 Å². The van der Waals surface area contributed by atoms with Gasteiger partial charge in [-0.2, -0.15) is 11.8 Å². The van der Waals surface area contributed by atoms with Crippen molar-refractivity contribution < 1.29 is 19.1 Å². The molecule has 0 heterocycles. The molecular weight excluding hydrogens is 498 g/mol. The Morgan fingerprint density at radius 2 is 1.68 bits per heavy atom. The molecule has 0 spiro atoms. The number of likely N-dealkylation sites (N-methyl/N-ethyl adjacent to an activating group) is 1. The van der Waals surface area contributed by atoms with E-state index in [-0.39, 0.29) is 11.8 Å². The first-order chi connectivity index (χ1) is 18.0. The molecule has 3 amide bonds. The number of carbonyl (C=O) groups excluding carboxylic acids is 3. The summed E-state index contributed by atoms with van der Waals surface area (Å²) in [5.41, 5.74) is 1.59. The zero-order valence-corrected chi connectivity index (χ0v) is 23.7. The van der Waals surface area contributed by atoms with Crippen molar-refractivity contribution in [2.45, 2.75) is 51.8 Å². The van der Waals surface area contributed by atoms with E-state index in [0.29, 0.717) is 23.4 Å². The van der Waals surface area contributed by atoms with E-state index in [1.165, 1.54) is 4.90 Å². The number of thioether (sulfide) groups is 1. The normalized spacial score (nSPS) is 12.9. The number of benzene rings is 3. The average Bonchev–Trinajstić information content (AvgIpc) is 2.85. The Kier molecular flexibility index (Phi) is 9.80. The molecule has 7 nitrogen and oxygen atoms in total. The van der Waals surface area contributed by atoms with Crippen molar-refractivity contribution in [1.82, 2.24) is 10.2 Å². The third kappa shape index (κ3) is 7.99. The van der Waals surface area contributed by atoms with Crippen LogP contribution in [0.25, 0.3) is 10.8 Å². The van der Waals surface area contributed by atoms with Gasteiger partial charge in [0.05, 0.1) is 0 Å². The van der Waals surface area contributed by atoms with Crippen LogP contribution in [0.15, 0.2) is 66.7 Å². The van der Waals surface area contributed by atoms with Crippen molar-refractivity contribution in [2.75, 3.05) is 24.4 Å². The molecule has 0 aliphatic heterocycles. The summed E-state index contributed by atoms with van der Waals surface area (Å²) in [6, 6.07) is 19.4. The average molecular weight is 536 g/mol. The number of nitrogens with one attached hydrogen (secondary N) is 2. The van der Waals surface area contributed by atoms with Gasteiger partial charge in [-0.05, 0) is 74.6 Å². The summed E-state index contributed by atoms with van der Waals surface area (Å²) in [4.78, 5) is 41.4. The number of amides is 3. The van der Waals surface area contributed by atoms with Crippen LogP contribution >= 0.6 is 11.8 Å². The number of fused-ring (bicyclic) bond motifs is 1. The van der Waals surface area contributed by atoms with E-state index in [0.717, 1.165) is 16.3 Å². The molecule has 3 rings (SSSR count). The topological polar surface area (TPSA) is 87.7 Å². The minimum atomic E-state index is -0.911. The first-order valence-corrected chi connectivity index (χ1v) is 14.0. The van der Waals surface area contributed by atoms with E-state index in [4.69, 9.17) is 4.74 Å². The number of ether oxygens (including phenoxy) is 1. The molecule has 0 fully saturated rings. The van der Waals surface area contributed by atoms with Gasteiger partial charge in [0.2, 0.25) is 5.91 Å². The van der Waals surface area contributed by atoms with Crippen LogP contribution in [0.5, 0.6) is 0 Å². The second kappa shape index (κ2) is 12.8. The molecule has 3 aromatic carbocycles. The number of nitrogens with zero attached hydrogens (tertiary/aromatic N) is 1. The number of carbonyl (C=O) groups is 3. The van der Waals surface area contributed by atoms with Crippen molar-refractivity contribution in [3.8, 4) is 0 Å². The second-order valence-corrected chi connectivity index (χ2v) is 11.3. The zero-order chi connectivity index (χ0) is 27.9. The maximum atomic E-state index is 13.7. The molecule has 202 valence electrons. The van der Waals surface area contributed by atoms with Gasteiger partial charge >= 0.3 is 6.09 Å². The molecule has 2 N–H and O–H groups in total. The van der Waals surface area contributed by atoms with E-state index < -0.39 is 23.8 Å². The van der Waals surface area contributed by atoms with Gasteiger partial charge in [-0.3, -0.25) is 9.59 Å². The number of anilines is 1. The summed E-state index contributed by atoms with van der Waals surface area (Å²) in [6.07, 6.45) is 1.67. The van der Waals surface area contributed by atoms with Gasteiger partial charge in [-0.15, -0.1) is 0 Å².